The summed E-state index contributed by atoms with van der Waals surface area (Å²) < 4.78 is 38.2. The number of carboxylic acids is 1. The third kappa shape index (κ3) is 4.46. The van der Waals surface area contributed by atoms with Crippen LogP contribution in [0.25, 0.3) is 0 Å². The van der Waals surface area contributed by atoms with Crippen LogP contribution in [0.15, 0.2) is 0 Å². The van der Waals surface area contributed by atoms with Gasteiger partial charge in [-0.25, -0.2) is 4.79 Å². The van der Waals surface area contributed by atoms with Gasteiger partial charge in [0, 0.05) is 19.6 Å². The van der Waals surface area contributed by atoms with Gasteiger partial charge in [0.1, 0.15) is 0 Å². The van der Waals surface area contributed by atoms with Gasteiger partial charge in [0.05, 0.1) is 11.8 Å². The van der Waals surface area contributed by atoms with Crippen LogP contribution in [0, 0.1) is 11.8 Å². The number of urea groups is 1. The van der Waals surface area contributed by atoms with E-state index < -0.39 is 43.1 Å². The van der Waals surface area contributed by atoms with Crippen molar-refractivity contribution in [2.45, 2.75) is 12.6 Å². The number of alkyl halides is 3. The Morgan fingerprint density at radius 3 is 2.50 bits per heavy atom. The maximum atomic E-state index is 12.7. The zero-order valence-electron chi connectivity index (χ0n) is 10.9. The van der Waals surface area contributed by atoms with E-state index in [0.717, 1.165) is 10.7 Å². The molecule has 0 aliphatic carbocycles. The van der Waals surface area contributed by atoms with Crippen molar-refractivity contribution in [1.82, 2.24) is 10.2 Å². The molecule has 0 saturated carbocycles. The molecular weight excluding hydrogens is 297 g/mol. The number of rotatable bonds is 5. The van der Waals surface area contributed by atoms with Crippen molar-refractivity contribution in [3.8, 4) is 0 Å². The van der Waals surface area contributed by atoms with Crippen LogP contribution in [0.1, 0.15) is 6.42 Å². The van der Waals surface area contributed by atoms with Gasteiger partial charge in [-0.05, 0) is 18.4 Å². The minimum Gasteiger partial charge on any atom is -0.481 e. The monoisotopic (exact) mass is 314 g/mol. The van der Waals surface area contributed by atoms with E-state index >= 15 is 0 Å². The molecule has 1 aliphatic heterocycles. The number of carboxylic acid groups (broad SMARTS) is 1. The van der Waals surface area contributed by atoms with Crippen LogP contribution >= 0.6 is 11.8 Å². The second-order valence-electron chi connectivity index (χ2n) is 4.58. The highest BCUT2D eigenvalue weighted by molar-refractivity contribution is 7.98. The standard InChI is InChI=1S/C11H17F3N2O3S/c1-20-4-2-3-15-10(19)16-5-7(9(17)18)8(6-16)11(12,13)14/h7-8H,2-6H2,1H3,(H,15,19)(H,17,18)/t7-,8-/m1/s1. The number of halogens is 3. The summed E-state index contributed by atoms with van der Waals surface area (Å²) in [7, 11) is 0. The SMILES string of the molecule is CSCCCNC(=O)N1C[C@@H](C(F)(F)F)[C@H](C(=O)O)C1. The van der Waals surface area contributed by atoms with Gasteiger partial charge in [-0.3, -0.25) is 4.79 Å². The molecule has 1 aliphatic rings. The summed E-state index contributed by atoms with van der Waals surface area (Å²) in [5, 5.41) is 11.3. The number of hydrogen-bond acceptors (Lipinski definition) is 3. The van der Waals surface area contributed by atoms with E-state index in [1.165, 1.54) is 0 Å². The summed E-state index contributed by atoms with van der Waals surface area (Å²) in [5.41, 5.74) is 0. The summed E-state index contributed by atoms with van der Waals surface area (Å²) in [6, 6.07) is -0.635. The van der Waals surface area contributed by atoms with E-state index in [1.54, 1.807) is 11.8 Å². The number of thioether (sulfide) groups is 1. The third-order valence-electron chi connectivity index (χ3n) is 3.15. The highest BCUT2D eigenvalue weighted by atomic mass is 32.2. The Morgan fingerprint density at radius 1 is 1.40 bits per heavy atom. The van der Waals surface area contributed by atoms with Crippen LogP contribution in [0.5, 0.6) is 0 Å². The molecule has 116 valence electrons. The zero-order chi connectivity index (χ0) is 15.3. The lowest BCUT2D eigenvalue weighted by molar-refractivity contribution is -0.187. The molecule has 0 aromatic carbocycles. The highest BCUT2D eigenvalue weighted by Crippen LogP contribution is 2.37. The summed E-state index contributed by atoms with van der Waals surface area (Å²) in [5.74, 6) is -4.28. The number of likely N-dealkylation sites (tertiary alicyclic amines) is 1. The van der Waals surface area contributed by atoms with Crippen molar-refractivity contribution in [3.63, 3.8) is 0 Å². The lowest BCUT2D eigenvalue weighted by atomic mass is 9.96. The minimum atomic E-state index is -4.61. The minimum absolute atomic E-state index is 0.366. The van der Waals surface area contributed by atoms with Crippen LogP contribution < -0.4 is 5.32 Å². The summed E-state index contributed by atoms with van der Waals surface area (Å²) in [4.78, 5) is 23.5. The topological polar surface area (TPSA) is 69.6 Å². The quantitative estimate of drug-likeness (QED) is 0.757. The molecule has 1 rings (SSSR count). The van der Waals surface area contributed by atoms with E-state index in [4.69, 9.17) is 5.11 Å². The Balaban J connectivity index is 2.57. The molecule has 0 radical (unpaired) electrons. The molecule has 0 unspecified atom stereocenters. The van der Waals surface area contributed by atoms with Crippen LogP contribution in [0.2, 0.25) is 0 Å². The van der Waals surface area contributed by atoms with Crippen LogP contribution in [0.4, 0.5) is 18.0 Å². The number of carbonyl (C=O) groups excluding carboxylic acids is 1. The van der Waals surface area contributed by atoms with E-state index in [0.29, 0.717) is 13.0 Å². The van der Waals surface area contributed by atoms with Crippen molar-refractivity contribution in [3.05, 3.63) is 0 Å². The van der Waals surface area contributed by atoms with Crippen molar-refractivity contribution < 1.29 is 27.9 Å². The first-order valence-electron chi connectivity index (χ1n) is 6.08. The molecule has 0 spiro atoms. The molecule has 5 nitrogen and oxygen atoms in total. The highest BCUT2D eigenvalue weighted by Gasteiger charge is 2.53. The van der Waals surface area contributed by atoms with E-state index in [-0.39, 0.29) is 0 Å². The Morgan fingerprint density at radius 2 is 2.05 bits per heavy atom. The Labute approximate surface area is 118 Å². The van der Waals surface area contributed by atoms with Gasteiger partial charge >= 0.3 is 18.2 Å². The first-order chi connectivity index (χ1) is 9.27. The third-order valence-corrected chi connectivity index (χ3v) is 3.84. The van der Waals surface area contributed by atoms with E-state index in [2.05, 4.69) is 5.32 Å². The maximum Gasteiger partial charge on any atom is 0.394 e. The number of nitrogens with one attached hydrogen (secondary N) is 1. The molecule has 1 saturated heterocycles. The fourth-order valence-corrected chi connectivity index (χ4v) is 2.51. The van der Waals surface area contributed by atoms with Crippen LogP contribution in [0.3, 0.4) is 0 Å². The molecule has 0 bridgehead atoms. The summed E-state index contributed by atoms with van der Waals surface area (Å²) in [6.45, 7) is -0.646. The summed E-state index contributed by atoms with van der Waals surface area (Å²) >= 11 is 1.60. The molecule has 9 heteroatoms. The van der Waals surface area contributed by atoms with Gasteiger partial charge in [-0.1, -0.05) is 0 Å². The molecule has 2 atom stereocenters. The average molecular weight is 314 g/mol. The maximum absolute atomic E-state index is 12.7. The van der Waals surface area contributed by atoms with Gasteiger partial charge in [0.2, 0.25) is 0 Å². The Hall–Kier alpha value is -1.12. The fraction of sp³-hybridized carbons (Fsp3) is 0.818. The number of nitrogens with zero attached hydrogens (tertiary/aromatic N) is 1. The predicted octanol–water partition coefficient (Wildman–Crippen LogP) is 1.64. The van der Waals surface area contributed by atoms with Crippen molar-refractivity contribution >= 4 is 23.8 Å². The first-order valence-corrected chi connectivity index (χ1v) is 7.48. The van der Waals surface area contributed by atoms with Gasteiger partial charge in [0.25, 0.3) is 0 Å². The van der Waals surface area contributed by atoms with Gasteiger partial charge in [-0.2, -0.15) is 24.9 Å². The predicted molar refractivity (Wildman–Crippen MR) is 68.6 cm³/mol. The summed E-state index contributed by atoms with van der Waals surface area (Å²) in [6.07, 6.45) is -1.99. The van der Waals surface area contributed by atoms with Crippen molar-refractivity contribution in [1.29, 1.82) is 0 Å². The molecular formula is C11H17F3N2O3S. The lowest BCUT2D eigenvalue weighted by Crippen LogP contribution is -2.40. The Bertz CT molecular complexity index is 365. The number of hydrogen-bond donors (Lipinski definition) is 2. The molecule has 0 aromatic rings. The normalized spacial score (nSPS) is 22.9. The molecule has 20 heavy (non-hydrogen) atoms. The van der Waals surface area contributed by atoms with Gasteiger partial charge in [0.15, 0.2) is 0 Å². The number of aliphatic carboxylic acids is 1. The number of carbonyl (C=O) groups is 2. The molecule has 2 N–H and O–H groups in total. The fourth-order valence-electron chi connectivity index (χ4n) is 2.08. The molecule has 1 fully saturated rings. The smallest absolute Gasteiger partial charge is 0.394 e. The molecule has 1 heterocycles. The Kier molecular flexibility index (Phi) is 5.97. The van der Waals surface area contributed by atoms with E-state index in [9.17, 15) is 22.8 Å². The van der Waals surface area contributed by atoms with Crippen LogP contribution in [-0.4, -0.2) is 59.8 Å². The first kappa shape index (κ1) is 16.9. The molecule has 2 amide bonds. The van der Waals surface area contributed by atoms with E-state index in [1.807, 2.05) is 6.26 Å². The number of amides is 2. The van der Waals surface area contributed by atoms with Gasteiger partial charge in [-0.15, -0.1) is 0 Å². The lowest BCUT2D eigenvalue weighted by Gasteiger charge is -2.18. The van der Waals surface area contributed by atoms with Gasteiger partial charge < -0.3 is 15.3 Å². The zero-order valence-corrected chi connectivity index (χ0v) is 11.8. The largest absolute Gasteiger partial charge is 0.481 e. The van der Waals surface area contributed by atoms with Crippen LogP contribution in [-0.2, 0) is 4.79 Å². The molecule has 0 aromatic heterocycles. The second-order valence-corrected chi connectivity index (χ2v) is 5.56. The van der Waals surface area contributed by atoms with Crippen molar-refractivity contribution in [2.24, 2.45) is 11.8 Å². The second kappa shape index (κ2) is 7.05. The van der Waals surface area contributed by atoms with Crippen molar-refractivity contribution in [2.75, 3.05) is 31.6 Å². The average Bonchev–Trinajstić information content (AvgIpc) is 2.79.